The summed E-state index contributed by atoms with van der Waals surface area (Å²) in [4.78, 5) is 21.7. The van der Waals surface area contributed by atoms with Gasteiger partial charge in [-0.25, -0.2) is 4.98 Å². The van der Waals surface area contributed by atoms with E-state index in [0.29, 0.717) is 43.4 Å². The van der Waals surface area contributed by atoms with Crippen molar-refractivity contribution in [3.05, 3.63) is 39.8 Å². The lowest BCUT2D eigenvalue weighted by Crippen LogP contribution is -2.48. The van der Waals surface area contributed by atoms with E-state index in [2.05, 4.69) is 15.3 Å². The van der Waals surface area contributed by atoms with Gasteiger partial charge in [0.1, 0.15) is 13.2 Å². The highest BCUT2D eigenvalue weighted by Crippen LogP contribution is 2.34. The maximum absolute atomic E-state index is 12.9. The minimum Gasteiger partial charge on any atom is -0.486 e. The van der Waals surface area contributed by atoms with Crippen molar-refractivity contribution in [3.63, 3.8) is 0 Å². The Labute approximate surface area is 151 Å². The van der Waals surface area contributed by atoms with Crippen molar-refractivity contribution in [1.29, 1.82) is 0 Å². The fourth-order valence-electron chi connectivity index (χ4n) is 3.23. The molecule has 2 aliphatic rings. The van der Waals surface area contributed by atoms with Crippen LogP contribution in [0.25, 0.3) is 0 Å². The fourth-order valence-corrected chi connectivity index (χ4v) is 3.84. The van der Waals surface area contributed by atoms with Gasteiger partial charge >= 0.3 is 0 Å². The molecule has 0 saturated carbocycles. The van der Waals surface area contributed by atoms with Crippen LogP contribution < -0.4 is 9.47 Å². The molecule has 1 amide bonds. The molecular weight excluding hydrogens is 338 g/mol. The van der Waals surface area contributed by atoms with E-state index in [1.807, 2.05) is 30.0 Å². The molecule has 0 aliphatic carbocycles. The molecule has 7 heteroatoms. The summed E-state index contributed by atoms with van der Waals surface area (Å²) in [7, 11) is 0. The molecule has 0 N–H and O–H groups in total. The zero-order valence-corrected chi connectivity index (χ0v) is 15.1. The summed E-state index contributed by atoms with van der Waals surface area (Å²) >= 11 is 1.68. The van der Waals surface area contributed by atoms with Gasteiger partial charge < -0.3 is 14.4 Å². The first-order valence-electron chi connectivity index (χ1n) is 8.52. The zero-order valence-electron chi connectivity index (χ0n) is 14.2. The molecule has 1 fully saturated rings. The summed E-state index contributed by atoms with van der Waals surface area (Å²) in [6.45, 7) is 7.03. The van der Waals surface area contributed by atoms with E-state index >= 15 is 0 Å². The van der Waals surface area contributed by atoms with Gasteiger partial charge in [0.15, 0.2) is 11.5 Å². The van der Waals surface area contributed by atoms with Crippen molar-refractivity contribution in [2.75, 3.05) is 39.4 Å². The number of amides is 1. The average molecular weight is 359 g/mol. The SMILES string of the molecule is Cc1nc(CN2CCN(C(=O)c3cccc4c3OCCO4)CC2)cs1. The number of piperazine rings is 1. The molecule has 0 bridgehead atoms. The van der Waals surface area contributed by atoms with E-state index in [4.69, 9.17) is 9.47 Å². The van der Waals surface area contributed by atoms with Crippen molar-refractivity contribution in [3.8, 4) is 11.5 Å². The lowest BCUT2D eigenvalue weighted by atomic mass is 10.1. The highest BCUT2D eigenvalue weighted by atomic mass is 32.1. The largest absolute Gasteiger partial charge is 0.486 e. The number of para-hydroxylation sites is 1. The van der Waals surface area contributed by atoms with E-state index in [9.17, 15) is 4.79 Å². The quantitative estimate of drug-likeness (QED) is 0.841. The molecule has 4 rings (SSSR count). The lowest BCUT2D eigenvalue weighted by molar-refractivity contribution is 0.0618. The maximum Gasteiger partial charge on any atom is 0.257 e. The predicted molar refractivity (Wildman–Crippen MR) is 95.5 cm³/mol. The van der Waals surface area contributed by atoms with Gasteiger partial charge in [0.2, 0.25) is 0 Å². The fraction of sp³-hybridized carbons (Fsp3) is 0.444. The maximum atomic E-state index is 12.9. The van der Waals surface area contributed by atoms with Crippen LogP contribution in [0.15, 0.2) is 23.6 Å². The number of thiazole rings is 1. The monoisotopic (exact) mass is 359 g/mol. The minimum absolute atomic E-state index is 0.0199. The van der Waals surface area contributed by atoms with Gasteiger partial charge in [0, 0.05) is 38.1 Å². The Hall–Kier alpha value is -2.12. The van der Waals surface area contributed by atoms with Crippen LogP contribution in [0.5, 0.6) is 11.5 Å². The number of benzene rings is 1. The Morgan fingerprint density at radius 2 is 2.00 bits per heavy atom. The number of aryl methyl sites for hydroxylation is 1. The van der Waals surface area contributed by atoms with Crippen LogP contribution in [0.2, 0.25) is 0 Å². The van der Waals surface area contributed by atoms with Crippen LogP contribution in [-0.2, 0) is 6.54 Å². The van der Waals surface area contributed by atoms with E-state index < -0.39 is 0 Å². The third kappa shape index (κ3) is 3.48. The molecule has 132 valence electrons. The average Bonchev–Trinajstić information content (AvgIpc) is 3.06. The minimum atomic E-state index is 0.0199. The third-order valence-corrected chi connectivity index (χ3v) is 5.33. The van der Waals surface area contributed by atoms with Gasteiger partial charge in [-0.05, 0) is 19.1 Å². The Morgan fingerprint density at radius 3 is 2.76 bits per heavy atom. The Balaban J connectivity index is 1.40. The molecule has 0 unspecified atom stereocenters. The zero-order chi connectivity index (χ0) is 17.2. The van der Waals surface area contributed by atoms with E-state index in [1.54, 1.807) is 11.3 Å². The number of carbonyl (C=O) groups is 1. The van der Waals surface area contributed by atoms with Crippen molar-refractivity contribution in [2.45, 2.75) is 13.5 Å². The van der Waals surface area contributed by atoms with Gasteiger partial charge in [0.25, 0.3) is 5.91 Å². The highest BCUT2D eigenvalue weighted by molar-refractivity contribution is 7.09. The molecule has 3 heterocycles. The number of rotatable bonds is 3. The summed E-state index contributed by atoms with van der Waals surface area (Å²) < 4.78 is 11.3. The molecule has 2 aliphatic heterocycles. The predicted octanol–water partition coefficient (Wildman–Crippen LogP) is 2.18. The van der Waals surface area contributed by atoms with E-state index in [1.165, 1.54) is 0 Å². The Bertz CT molecular complexity index is 769. The normalized spacial score (nSPS) is 17.6. The van der Waals surface area contributed by atoms with Gasteiger partial charge in [-0.2, -0.15) is 0 Å². The number of fused-ring (bicyclic) bond motifs is 1. The molecular formula is C18H21N3O3S. The topological polar surface area (TPSA) is 54.9 Å². The summed E-state index contributed by atoms with van der Waals surface area (Å²) in [5.41, 5.74) is 1.71. The smallest absolute Gasteiger partial charge is 0.257 e. The molecule has 2 aromatic rings. The summed E-state index contributed by atoms with van der Waals surface area (Å²) in [5.74, 6) is 1.26. The van der Waals surface area contributed by atoms with Crippen LogP contribution in [0.4, 0.5) is 0 Å². The van der Waals surface area contributed by atoms with Crippen molar-refractivity contribution < 1.29 is 14.3 Å². The van der Waals surface area contributed by atoms with Crippen molar-refractivity contribution in [2.24, 2.45) is 0 Å². The van der Waals surface area contributed by atoms with Gasteiger partial charge in [-0.3, -0.25) is 9.69 Å². The second kappa shape index (κ2) is 7.01. The number of nitrogens with zero attached hydrogens (tertiary/aromatic N) is 3. The molecule has 1 saturated heterocycles. The van der Waals surface area contributed by atoms with Crippen LogP contribution in [-0.4, -0.2) is 60.1 Å². The van der Waals surface area contributed by atoms with Crippen LogP contribution in [0, 0.1) is 6.92 Å². The third-order valence-electron chi connectivity index (χ3n) is 4.51. The Morgan fingerprint density at radius 1 is 1.20 bits per heavy atom. The second-order valence-corrected chi connectivity index (χ2v) is 7.32. The molecule has 1 aromatic carbocycles. The molecule has 0 radical (unpaired) electrons. The first kappa shape index (κ1) is 16.4. The van der Waals surface area contributed by atoms with Gasteiger partial charge in [-0.1, -0.05) is 6.07 Å². The molecule has 1 aromatic heterocycles. The van der Waals surface area contributed by atoms with Crippen LogP contribution >= 0.6 is 11.3 Å². The van der Waals surface area contributed by atoms with Crippen molar-refractivity contribution in [1.82, 2.24) is 14.8 Å². The first-order valence-corrected chi connectivity index (χ1v) is 9.40. The number of hydrogen-bond donors (Lipinski definition) is 0. The molecule has 0 atom stereocenters. The number of ether oxygens (including phenoxy) is 2. The van der Waals surface area contributed by atoms with E-state index in [0.717, 1.165) is 30.3 Å². The summed E-state index contributed by atoms with van der Waals surface area (Å²) in [6, 6.07) is 5.51. The number of aromatic nitrogens is 1. The standard InChI is InChI=1S/C18H21N3O3S/c1-13-19-14(12-25-13)11-20-5-7-21(8-6-20)18(22)15-3-2-4-16-17(15)24-10-9-23-16/h2-4,12H,5-11H2,1H3. The van der Waals surface area contributed by atoms with E-state index in [-0.39, 0.29) is 5.91 Å². The molecule has 25 heavy (non-hydrogen) atoms. The lowest BCUT2D eigenvalue weighted by Gasteiger charge is -2.35. The number of hydrogen-bond acceptors (Lipinski definition) is 6. The first-order chi connectivity index (χ1) is 12.2. The Kier molecular flexibility index (Phi) is 4.59. The van der Waals surface area contributed by atoms with Crippen LogP contribution in [0.1, 0.15) is 21.1 Å². The molecule has 0 spiro atoms. The number of carbonyl (C=O) groups excluding carboxylic acids is 1. The highest BCUT2D eigenvalue weighted by Gasteiger charge is 2.27. The summed E-state index contributed by atoms with van der Waals surface area (Å²) in [6.07, 6.45) is 0. The van der Waals surface area contributed by atoms with Gasteiger partial charge in [-0.15, -0.1) is 11.3 Å². The van der Waals surface area contributed by atoms with Crippen molar-refractivity contribution >= 4 is 17.2 Å². The van der Waals surface area contributed by atoms with Crippen LogP contribution in [0.3, 0.4) is 0 Å². The second-order valence-electron chi connectivity index (χ2n) is 6.26. The summed E-state index contributed by atoms with van der Waals surface area (Å²) in [5, 5.41) is 3.21. The molecule has 6 nitrogen and oxygen atoms in total. The van der Waals surface area contributed by atoms with Gasteiger partial charge in [0.05, 0.1) is 16.3 Å².